The monoisotopic (exact) mass is 597 g/mol. The maximum absolute atomic E-state index is 12.8. The highest BCUT2D eigenvalue weighted by atomic mass is 16.4. The Hall–Kier alpha value is -2.85. The molecular weight excluding hydrogens is 542 g/mol. The van der Waals surface area contributed by atoms with Crippen LogP contribution in [0.15, 0.2) is 72.3 Å². The van der Waals surface area contributed by atoms with E-state index >= 15 is 0 Å². The number of phenolic OH excluding ortho intramolecular Hbond substituents is 1. The smallest absolute Gasteiger partial charge is 0.307 e. The second-order valence-electron chi connectivity index (χ2n) is 14.1. The van der Waals surface area contributed by atoms with Crippen molar-refractivity contribution < 1.29 is 15.0 Å². The molecular formula is C40H55NO3. The first-order valence-electron chi connectivity index (χ1n) is 17.6. The van der Waals surface area contributed by atoms with E-state index in [2.05, 4.69) is 54.6 Å². The molecule has 0 amide bonds. The van der Waals surface area contributed by atoms with Crippen LogP contribution in [-0.4, -0.2) is 22.7 Å². The predicted molar refractivity (Wildman–Crippen MR) is 181 cm³/mol. The number of fused-ring (bicyclic) bond motifs is 3. The zero-order valence-electron chi connectivity index (χ0n) is 26.8. The molecule has 1 fully saturated rings. The van der Waals surface area contributed by atoms with Gasteiger partial charge >= 0.3 is 5.97 Å². The molecule has 2 aromatic rings. The fourth-order valence-corrected chi connectivity index (χ4v) is 8.77. The Morgan fingerprint density at radius 1 is 0.909 bits per heavy atom. The quantitative estimate of drug-likeness (QED) is 0.178. The molecule has 5 rings (SSSR count). The third kappa shape index (κ3) is 8.24. The highest BCUT2D eigenvalue weighted by Crippen LogP contribution is 2.48. The number of allylic oxidation sites excluding steroid dienone is 3. The summed E-state index contributed by atoms with van der Waals surface area (Å²) in [6.07, 6.45) is 25.9. The van der Waals surface area contributed by atoms with Crippen LogP contribution in [0.4, 0.5) is 0 Å². The number of aromatic hydroxyl groups is 1. The first-order chi connectivity index (χ1) is 21.5. The van der Waals surface area contributed by atoms with E-state index in [0.29, 0.717) is 24.0 Å². The number of carbonyl (C=O) groups is 1. The average Bonchev–Trinajstić information content (AvgIpc) is 3.48. The Labute approximate surface area is 265 Å². The Bertz CT molecular complexity index is 1260. The maximum atomic E-state index is 12.8. The Balaban J connectivity index is 1.32. The molecule has 2 aromatic carbocycles. The van der Waals surface area contributed by atoms with E-state index in [-0.39, 0.29) is 11.3 Å². The van der Waals surface area contributed by atoms with Gasteiger partial charge in [0.05, 0.1) is 5.92 Å². The third-order valence-corrected chi connectivity index (χ3v) is 11.2. The lowest BCUT2D eigenvalue weighted by atomic mass is 9.60. The summed E-state index contributed by atoms with van der Waals surface area (Å²) in [6, 6.07) is 16.9. The molecule has 0 aromatic heterocycles. The van der Waals surface area contributed by atoms with Crippen LogP contribution in [0.25, 0.3) is 0 Å². The highest BCUT2D eigenvalue weighted by molar-refractivity contribution is 5.73. The fraction of sp³-hybridized carbons (Fsp3) is 0.575. The lowest BCUT2D eigenvalue weighted by molar-refractivity contribution is -0.145. The maximum Gasteiger partial charge on any atom is 0.307 e. The van der Waals surface area contributed by atoms with E-state index in [9.17, 15) is 15.0 Å². The predicted octanol–water partition coefficient (Wildman–Crippen LogP) is 9.61. The minimum atomic E-state index is -0.652. The molecule has 44 heavy (non-hydrogen) atoms. The molecule has 4 heteroatoms. The topological polar surface area (TPSA) is 83.6 Å². The van der Waals surface area contributed by atoms with Crippen LogP contribution in [0.5, 0.6) is 5.75 Å². The lowest BCUT2D eigenvalue weighted by Gasteiger charge is -2.42. The summed E-state index contributed by atoms with van der Waals surface area (Å²) in [5.74, 6) is 0.832. The van der Waals surface area contributed by atoms with Crippen LogP contribution >= 0.6 is 0 Å². The second kappa shape index (κ2) is 15.9. The van der Waals surface area contributed by atoms with Gasteiger partial charge in [-0.2, -0.15) is 0 Å². The van der Waals surface area contributed by atoms with Crippen LogP contribution in [-0.2, 0) is 16.6 Å². The molecule has 3 aliphatic rings. The van der Waals surface area contributed by atoms with Gasteiger partial charge in [0.1, 0.15) is 5.75 Å². The van der Waals surface area contributed by atoms with E-state index in [4.69, 9.17) is 5.73 Å². The molecule has 1 spiro atoms. The molecule has 4 nitrogen and oxygen atoms in total. The zero-order valence-corrected chi connectivity index (χ0v) is 26.8. The Morgan fingerprint density at radius 2 is 1.66 bits per heavy atom. The van der Waals surface area contributed by atoms with Gasteiger partial charge < -0.3 is 15.9 Å². The van der Waals surface area contributed by atoms with Gasteiger partial charge in [0.25, 0.3) is 0 Å². The molecule has 0 radical (unpaired) electrons. The van der Waals surface area contributed by atoms with Gasteiger partial charge in [0, 0.05) is 5.41 Å². The van der Waals surface area contributed by atoms with Gasteiger partial charge in [-0.25, -0.2) is 0 Å². The second-order valence-corrected chi connectivity index (χ2v) is 14.1. The van der Waals surface area contributed by atoms with Crippen molar-refractivity contribution in [2.45, 2.75) is 120 Å². The van der Waals surface area contributed by atoms with Crippen LogP contribution < -0.4 is 5.73 Å². The SMILES string of the molecule is NCCC1=C[C@@H](CCCCCC[C@H]2C/C=C/C[C@@H](C(=O)O)C3(CCCCC3)c3cccc(c3)C[C@@H]2c2ccc(O)cc2)CC1. The molecule has 0 aliphatic heterocycles. The van der Waals surface area contributed by atoms with Crippen molar-refractivity contribution in [1.82, 2.24) is 0 Å². The van der Waals surface area contributed by atoms with E-state index in [1.54, 1.807) is 5.57 Å². The van der Waals surface area contributed by atoms with Crippen molar-refractivity contribution in [2.75, 3.05) is 6.54 Å². The Kier molecular flexibility index (Phi) is 11.8. The Morgan fingerprint density at radius 3 is 2.41 bits per heavy atom. The normalized spacial score (nSPS) is 26.0. The molecule has 4 atom stereocenters. The van der Waals surface area contributed by atoms with Crippen LogP contribution in [0.2, 0.25) is 0 Å². The largest absolute Gasteiger partial charge is 0.508 e. The third-order valence-electron chi connectivity index (χ3n) is 11.2. The number of hydrogen-bond acceptors (Lipinski definition) is 3. The molecule has 0 unspecified atom stereocenters. The summed E-state index contributed by atoms with van der Waals surface area (Å²) >= 11 is 0. The number of unbranched alkanes of at least 4 members (excludes halogenated alkanes) is 3. The summed E-state index contributed by atoms with van der Waals surface area (Å²) in [7, 11) is 0. The number of nitrogens with two attached hydrogens (primary N) is 1. The van der Waals surface area contributed by atoms with E-state index in [1.165, 1.54) is 68.1 Å². The van der Waals surface area contributed by atoms with Gasteiger partial charge in [0.15, 0.2) is 0 Å². The molecule has 0 saturated heterocycles. The standard InChI is InChI=1S/C40H55NO3/c41-26-23-31-18-17-30(27-31)11-4-1-2-5-13-33-14-6-7-16-38(39(43)44)40(24-8-3-9-25-40)35-15-10-12-32(28-35)29-37(33)34-19-21-36(42)22-20-34/h6-7,10,12,15,19-22,27-28,30,33,37-38,42H,1-5,8-9,11,13-14,16-18,23-26,29,41H2,(H,43,44)/b7-6+/t30-,33-,37-,38-/m0/s1. The van der Waals surface area contributed by atoms with Gasteiger partial charge in [-0.15, -0.1) is 0 Å². The molecule has 2 bridgehead atoms. The van der Waals surface area contributed by atoms with Crippen molar-refractivity contribution in [3.05, 3.63) is 89.0 Å². The van der Waals surface area contributed by atoms with Crippen molar-refractivity contribution in [3.63, 3.8) is 0 Å². The van der Waals surface area contributed by atoms with Crippen molar-refractivity contribution in [2.24, 2.45) is 23.5 Å². The van der Waals surface area contributed by atoms with Crippen molar-refractivity contribution in [3.8, 4) is 5.75 Å². The number of carboxylic acid groups (broad SMARTS) is 1. The molecule has 3 aliphatic carbocycles. The summed E-state index contributed by atoms with van der Waals surface area (Å²) in [6.45, 7) is 0.770. The number of aliphatic carboxylic acids is 1. The van der Waals surface area contributed by atoms with Crippen LogP contribution in [0.1, 0.15) is 125 Å². The van der Waals surface area contributed by atoms with Crippen molar-refractivity contribution >= 4 is 5.97 Å². The minimum Gasteiger partial charge on any atom is -0.508 e. The summed E-state index contributed by atoms with van der Waals surface area (Å²) in [5, 5.41) is 20.6. The zero-order chi connectivity index (χ0) is 30.8. The highest BCUT2D eigenvalue weighted by Gasteiger charge is 2.44. The fourth-order valence-electron chi connectivity index (χ4n) is 8.77. The molecule has 1 saturated carbocycles. The lowest BCUT2D eigenvalue weighted by Crippen LogP contribution is -2.41. The molecule has 4 N–H and O–H groups in total. The summed E-state index contributed by atoms with van der Waals surface area (Å²) in [4.78, 5) is 12.8. The first-order valence-corrected chi connectivity index (χ1v) is 17.6. The number of rotatable bonds is 11. The van der Waals surface area contributed by atoms with Crippen LogP contribution in [0.3, 0.4) is 0 Å². The van der Waals surface area contributed by atoms with Gasteiger partial charge in [-0.1, -0.05) is 105 Å². The van der Waals surface area contributed by atoms with Gasteiger partial charge in [-0.05, 0) is 117 Å². The van der Waals surface area contributed by atoms with E-state index in [1.807, 2.05) is 12.1 Å². The van der Waals surface area contributed by atoms with Crippen LogP contribution in [0, 0.1) is 17.8 Å². The summed E-state index contributed by atoms with van der Waals surface area (Å²) < 4.78 is 0. The molecule has 0 heterocycles. The number of hydrogen-bond donors (Lipinski definition) is 3. The molecule has 238 valence electrons. The summed E-state index contributed by atoms with van der Waals surface area (Å²) in [5.41, 5.74) is 10.9. The number of carboxylic acids is 1. The minimum absolute atomic E-state index is 0.294. The van der Waals surface area contributed by atoms with Gasteiger partial charge in [0.2, 0.25) is 0 Å². The number of benzene rings is 2. The van der Waals surface area contributed by atoms with E-state index < -0.39 is 5.97 Å². The first kappa shape index (κ1) is 32.5. The average molecular weight is 598 g/mol. The van der Waals surface area contributed by atoms with Gasteiger partial charge in [-0.3, -0.25) is 4.79 Å². The number of phenols is 1. The van der Waals surface area contributed by atoms with Crippen molar-refractivity contribution in [1.29, 1.82) is 0 Å². The van der Waals surface area contributed by atoms with E-state index in [0.717, 1.165) is 63.8 Å².